The van der Waals surface area contributed by atoms with E-state index in [1.165, 1.54) is 31.7 Å². The zero-order valence-corrected chi connectivity index (χ0v) is 14.0. The van der Waals surface area contributed by atoms with Crippen molar-refractivity contribution in [1.29, 1.82) is 0 Å². The average molecular weight is 333 g/mol. The molecular formula is C19H24FNO3. The van der Waals surface area contributed by atoms with E-state index in [4.69, 9.17) is 0 Å². The number of esters is 1. The Hall–Kier alpha value is -2.17. The van der Waals surface area contributed by atoms with E-state index in [2.05, 4.69) is 4.74 Å². The van der Waals surface area contributed by atoms with Crippen molar-refractivity contribution in [3.8, 4) is 0 Å². The van der Waals surface area contributed by atoms with Crippen molar-refractivity contribution >= 4 is 18.0 Å². The molecule has 2 rings (SSSR count). The smallest absolute Gasteiger partial charge is 0.307 e. The molecule has 1 aliphatic carbocycles. The van der Waals surface area contributed by atoms with Gasteiger partial charge in [-0.05, 0) is 36.6 Å². The standard InChI is InChI=1S/C19H24FNO3/c1-24-19(23)13-14-21(17-5-3-2-4-6-17)18(22)12-9-15-7-10-16(20)11-8-15/h7-12,17H,2-6,13-14H2,1H3/b12-9+. The number of carbonyl (C=O) groups is 2. The Morgan fingerprint density at radius 3 is 2.50 bits per heavy atom. The van der Waals surface area contributed by atoms with Crippen LogP contribution in [0.4, 0.5) is 4.39 Å². The monoisotopic (exact) mass is 333 g/mol. The minimum Gasteiger partial charge on any atom is -0.469 e. The number of rotatable bonds is 6. The summed E-state index contributed by atoms with van der Waals surface area (Å²) < 4.78 is 17.6. The molecule has 0 aromatic heterocycles. The molecule has 0 saturated heterocycles. The Morgan fingerprint density at radius 2 is 1.88 bits per heavy atom. The number of nitrogens with zero attached hydrogens (tertiary/aromatic N) is 1. The third kappa shape index (κ3) is 5.48. The maximum absolute atomic E-state index is 12.9. The molecule has 1 amide bonds. The molecule has 24 heavy (non-hydrogen) atoms. The minimum absolute atomic E-state index is 0.116. The molecule has 4 nitrogen and oxygen atoms in total. The van der Waals surface area contributed by atoms with Crippen LogP contribution in [0.5, 0.6) is 0 Å². The fourth-order valence-corrected chi connectivity index (χ4v) is 3.02. The van der Waals surface area contributed by atoms with Gasteiger partial charge in [0.25, 0.3) is 0 Å². The van der Waals surface area contributed by atoms with Crippen LogP contribution in [0.1, 0.15) is 44.1 Å². The van der Waals surface area contributed by atoms with E-state index in [9.17, 15) is 14.0 Å². The molecule has 0 atom stereocenters. The Balaban J connectivity index is 2.04. The van der Waals surface area contributed by atoms with Gasteiger partial charge in [-0.2, -0.15) is 0 Å². The normalized spacial score (nSPS) is 15.4. The van der Waals surface area contributed by atoms with Gasteiger partial charge in [-0.1, -0.05) is 31.4 Å². The summed E-state index contributed by atoms with van der Waals surface area (Å²) in [4.78, 5) is 25.8. The molecule has 1 aromatic carbocycles. The van der Waals surface area contributed by atoms with Crippen LogP contribution in [0.2, 0.25) is 0 Å². The maximum atomic E-state index is 12.9. The van der Waals surface area contributed by atoms with Gasteiger partial charge in [0.05, 0.1) is 13.5 Å². The molecule has 0 heterocycles. The van der Waals surface area contributed by atoms with Crippen LogP contribution in [0.15, 0.2) is 30.3 Å². The van der Waals surface area contributed by atoms with Crippen LogP contribution in [0, 0.1) is 5.82 Å². The van der Waals surface area contributed by atoms with Crippen LogP contribution in [-0.4, -0.2) is 36.5 Å². The number of carbonyl (C=O) groups excluding carboxylic acids is 2. The first kappa shape index (κ1) is 18.2. The largest absolute Gasteiger partial charge is 0.469 e. The van der Waals surface area contributed by atoms with Crippen molar-refractivity contribution in [2.45, 2.75) is 44.6 Å². The molecule has 1 aliphatic rings. The molecular weight excluding hydrogens is 309 g/mol. The summed E-state index contributed by atoms with van der Waals surface area (Å²) in [5.74, 6) is -0.735. The highest BCUT2D eigenvalue weighted by Gasteiger charge is 2.24. The van der Waals surface area contributed by atoms with E-state index < -0.39 is 0 Å². The number of amides is 1. The van der Waals surface area contributed by atoms with Gasteiger partial charge in [-0.15, -0.1) is 0 Å². The van der Waals surface area contributed by atoms with Crippen molar-refractivity contribution in [1.82, 2.24) is 4.90 Å². The summed E-state index contributed by atoms with van der Waals surface area (Å²) in [6.45, 7) is 0.365. The van der Waals surface area contributed by atoms with E-state index in [0.29, 0.717) is 6.54 Å². The van der Waals surface area contributed by atoms with Crippen molar-refractivity contribution in [3.63, 3.8) is 0 Å². The molecule has 0 N–H and O–H groups in total. The summed E-state index contributed by atoms with van der Waals surface area (Å²) in [6, 6.07) is 6.14. The van der Waals surface area contributed by atoms with Gasteiger partial charge >= 0.3 is 5.97 Å². The van der Waals surface area contributed by atoms with Crippen molar-refractivity contribution in [3.05, 3.63) is 41.7 Å². The molecule has 0 spiro atoms. The van der Waals surface area contributed by atoms with E-state index in [1.807, 2.05) is 0 Å². The molecule has 0 aliphatic heterocycles. The second-order valence-electron chi connectivity index (χ2n) is 6.03. The number of ether oxygens (including phenoxy) is 1. The lowest BCUT2D eigenvalue weighted by Crippen LogP contribution is -2.41. The molecule has 130 valence electrons. The molecule has 1 fully saturated rings. The Kier molecular flexibility index (Phi) is 6.97. The number of halogens is 1. The Morgan fingerprint density at radius 1 is 1.21 bits per heavy atom. The molecule has 0 radical (unpaired) electrons. The number of benzene rings is 1. The van der Waals surface area contributed by atoms with Gasteiger partial charge in [0, 0.05) is 18.7 Å². The highest BCUT2D eigenvalue weighted by Crippen LogP contribution is 2.23. The van der Waals surface area contributed by atoms with Gasteiger partial charge in [-0.25, -0.2) is 4.39 Å². The van der Waals surface area contributed by atoms with E-state index >= 15 is 0 Å². The maximum Gasteiger partial charge on any atom is 0.307 e. The van der Waals surface area contributed by atoms with Crippen molar-refractivity contribution in [2.24, 2.45) is 0 Å². The molecule has 0 bridgehead atoms. The van der Waals surface area contributed by atoms with Gasteiger partial charge in [0.2, 0.25) is 5.91 Å². The number of methoxy groups -OCH3 is 1. The summed E-state index contributed by atoms with van der Waals surface area (Å²) >= 11 is 0. The lowest BCUT2D eigenvalue weighted by molar-refractivity contribution is -0.141. The van der Waals surface area contributed by atoms with Crippen LogP contribution < -0.4 is 0 Å². The fourth-order valence-electron chi connectivity index (χ4n) is 3.02. The van der Waals surface area contributed by atoms with Gasteiger partial charge in [-0.3, -0.25) is 9.59 Å². The zero-order valence-electron chi connectivity index (χ0n) is 14.0. The van der Waals surface area contributed by atoms with Crippen LogP contribution in [0.3, 0.4) is 0 Å². The zero-order chi connectivity index (χ0) is 17.4. The SMILES string of the molecule is COC(=O)CCN(C(=O)/C=C/c1ccc(F)cc1)C1CCCCC1. The summed E-state index contributed by atoms with van der Waals surface area (Å²) in [5.41, 5.74) is 0.765. The first-order chi connectivity index (χ1) is 11.6. The predicted molar refractivity (Wildman–Crippen MR) is 90.7 cm³/mol. The number of hydrogen-bond donors (Lipinski definition) is 0. The van der Waals surface area contributed by atoms with Crippen molar-refractivity contribution < 1.29 is 18.7 Å². The average Bonchev–Trinajstić information content (AvgIpc) is 2.62. The highest BCUT2D eigenvalue weighted by molar-refractivity contribution is 5.92. The lowest BCUT2D eigenvalue weighted by atomic mass is 9.94. The number of hydrogen-bond acceptors (Lipinski definition) is 3. The Bertz CT molecular complexity index is 577. The molecule has 1 saturated carbocycles. The van der Waals surface area contributed by atoms with E-state index in [1.54, 1.807) is 23.1 Å². The molecule has 0 unspecified atom stereocenters. The third-order valence-corrected chi connectivity index (χ3v) is 4.37. The summed E-state index contributed by atoms with van der Waals surface area (Å²) in [7, 11) is 1.35. The fraction of sp³-hybridized carbons (Fsp3) is 0.474. The van der Waals surface area contributed by atoms with E-state index in [0.717, 1.165) is 31.2 Å². The van der Waals surface area contributed by atoms with Gasteiger partial charge in [0.15, 0.2) is 0 Å². The highest BCUT2D eigenvalue weighted by atomic mass is 19.1. The first-order valence-electron chi connectivity index (χ1n) is 8.41. The molecule has 1 aromatic rings. The minimum atomic E-state index is -0.314. The molecule has 5 heteroatoms. The Labute approximate surface area is 142 Å². The third-order valence-electron chi connectivity index (χ3n) is 4.37. The van der Waals surface area contributed by atoms with Crippen LogP contribution in [-0.2, 0) is 14.3 Å². The van der Waals surface area contributed by atoms with E-state index in [-0.39, 0.29) is 30.2 Å². The predicted octanol–water partition coefficient (Wildman–Crippen LogP) is 3.56. The second kappa shape index (κ2) is 9.21. The topological polar surface area (TPSA) is 46.6 Å². The quantitative estimate of drug-likeness (QED) is 0.591. The lowest BCUT2D eigenvalue weighted by Gasteiger charge is -2.33. The summed E-state index contributed by atoms with van der Waals surface area (Å²) in [5, 5.41) is 0. The van der Waals surface area contributed by atoms with Crippen molar-refractivity contribution in [2.75, 3.05) is 13.7 Å². The second-order valence-corrected chi connectivity index (χ2v) is 6.03. The van der Waals surface area contributed by atoms with Crippen LogP contribution in [0.25, 0.3) is 6.08 Å². The van der Waals surface area contributed by atoms with Gasteiger partial charge < -0.3 is 9.64 Å². The summed E-state index contributed by atoms with van der Waals surface area (Å²) in [6.07, 6.45) is 8.72. The first-order valence-corrected chi connectivity index (χ1v) is 8.41. The van der Waals surface area contributed by atoms with Crippen LogP contribution >= 0.6 is 0 Å². The van der Waals surface area contributed by atoms with Gasteiger partial charge in [0.1, 0.15) is 5.82 Å².